The zero-order valence-corrected chi connectivity index (χ0v) is 21.2. The minimum absolute atomic E-state index is 0.00775. The van der Waals surface area contributed by atoms with E-state index in [1.165, 1.54) is 24.5 Å². The number of nitrogens with zero attached hydrogens (tertiary/aromatic N) is 4. The highest BCUT2D eigenvalue weighted by Gasteiger charge is 2.24. The van der Waals surface area contributed by atoms with Crippen LogP contribution >= 0.6 is 11.6 Å². The maximum atomic E-state index is 13.3. The average molecular weight is 526 g/mol. The molecule has 2 N–H and O–H groups in total. The van der Waals surface area contributed by atoms with Gasteiger partial charge < -0.3 is 9.84 Å². The molecule has 186 valence electrons. The molecule has 2 aromatic heterocycles. The second-order valence-electron chi connectivity index (χ2n) is 8.30. The van der Waals surface area contributed by atoms with Crippen LogP contribution in [0, 0.1) is 5.92 Å². The third-order valence-electron chi connectivity index (χ3n) is 5.05. The van der Waals surface area contributed by atoms with Gasteiger partial charge in [0.25, 0.3) is 10.0 Å². The predicted octanol–water partition coefficient (Wildman–Crippen LogP) is 4.87. The number of aliphatic hydroxyl groups is 1. The summed E-state index contributed by atoms with van der Waals surface area (Å²) < 4.78 is 34.9. The van der Waals surface area contributed by atoms with E-state index in [0.29, 0.717) is 11.5 Å². The van der Waals surface area contributed by atoms with Gasteiger partial charge in [0, 0.05) is 18.0 Å². The second-order valence-corrected chi connectivity index (χ2v) is 10.3. The SMILES string of the molecule is CC(C)Cc1ccc(S(=O)(=O)Nc2nc(-c3ncccn3)nc(Cl)c2Oc2ccccc2CO)cc1. The lowest BCUT2D eigenvalue weighted by Gasteiger charge is -2.16. The molecule has 4 aromatic rings. The van der Waals surface area contributed by atoms with Crippen molar-refractivity contribution in [2.24, 2.45) is 5.92 Å². The number of para-hydroxylation sites is 1. The van der Waals surface area contributed by atoms with Crippen molar-refractivity contribution in [3.8, 4) is 23.1 Å². The van der Waals surface area contributed by atoms with Crippen molar-refractivity contribution >= 4 is 27.4 Å². The van der Waals surface area contributed by atoms with E-state index >= 15 is 0 Å². The Bertz CT molecular complexity index is 1450. The quantitative estimate of drug-likeness (QED) is 0.296. The van der Waals surface area contributed by atoms with Gasteiger partial charge in [-0.2, -0.15) is 0 Å². The first-order valence-corrected chi connectivity index (χ1v) is 13.0. The highest BCUT2D eigenvalue weighted by atomic mass is 35.5. The Morgan fingerprint density at radius 1 is 0.972 bits per heavy atom. The van der Waals surface area contributed by atoms with Crippen LogP contribution < -0.4 is 9.46 Å². The summed E-state index contributed by atoms with van der Waals surface area (Å²) in [5.41, 5.74) is 1.50. The molecule has 0 aliphatic heterocycles. The summed E-state index contributed by atoms with van der Waals surface area (Å²) >= 11 is 6.44. The molecule has 11 heteroatoms. The molecule has 0 aliphatic rings. The van der Waals surface area contributed by atoms with Gasteiger partial charge in [0.1, 0.15) is 5.75 Å². The number of halogens is 1. The van der Waals surface area contributed by atoms with Gasteiger partial charge in [-0.25, -0.2) is 28.4 Å². The molecule has 36 heavy (non-hydrogen) atoms. The molecule has 0 fully saturated rings. The number of anilines is 1. The molecule has 0 bridgehead atoms. The van der Waals surface area contributed by atoms with Crippen LogP contribution in [0.25, 0.3) is 11.6 Å². The first-order chi connectivity index (χ1) is 17.3. The second kappa shape index (κ2) is 11.0. The standard InChI is InChI=1S/C25H24ClN5O4S/c1-16(2)14-17-8-10-19(11-9-17)36(33,34)31-23-21(35-20-7-4-3-6-18(20)15-32)22(26)29-25(30-23)24-27-12-5-13-28-24/h3-13,16,32H,14-15H2,1-2H3,(H,29,30,31). The summed E-state index contributed by atoms with van der Waals surface area (Å²) in [6.45, 7) is 3.89. The van der Waals surface area contributed by atoms with Crippen LogP contribution in [0.5, 0.6) is 11.5 Å². The van der Waals surface area contributed by atoms with Gasteiger partial charge in [-0.15, -0.1) is 0 Å². The van der Waals surface area contributed by atoms with Crippen LogP contribution in [0.15, 0.2) is 71.9 Å². The number of aliphatic hydroxyl groups excluding tert-OH is 1. The fourth-order valence-corrected chi connectivity index (χ4v) is 4.62. The third kappa shape index (κ3) is 5.96. The van der Waals surface area contributed by atoms with E-state index in [-0.39, 0.29) is 45.6 Å². The van der Waals surface area contributed by atoms with Crippen LogP contribution in [0.1, 0.15) is 25.0 Å². The topological polar surface area (TPSA) is 127 Å². The number of benzene rings is 2. The highest BCUT2D eigenvalue weighted by Crippen LogP contribution is 2.37. The van der Waals surface area contributed by atoms with Gasteiger partial charge in [0.05, 0.1) is 11.5 Å². The maximum absolute atomic E-state index is 13.3. The van der Waals surface area contributed by atoms with Gasteiger partial charge in [0.2, 0.25) is 11.6 Å². The molecule has 2 heterocycles. The lowest BCUT2D eigenvalue weighted by molar-refractivity contribution is 0.276. The molecule has 4 rings (SSSR count). The molecule has 0 aliphatic carbocycles. The number of sulfonamides is 1. The van der Waals surface area contributed by atoms with Crippen molar-refractivity contribution in [2.45, 2.75) is 31.8 Å². The van der Waals surface area contributed by atoms with Gasteiger partial charge in [-0.1, -0.05) is 55.8 Å². The molecule has 0 spiro atoms. The first kappa shape index (κ1) is 25.5. The fourth-order valence-electron chi connectivity index (χ4n) is 3.40. The van der Waals surface area contributed by atoms with Crippen molar-refractivity contribution < 1.29 is 18.3 Å². The third-order valence-corrected chi connectivity index (χ3v) is 6.66. The van der Waals surface area contributed by atoms with E-state index in [2.05, 4.69) is 38.5 Å². The van der Waals surface area contributed by atoms with Gasteiger partial charge in [-0.05, 0) is 42.2 Å². The van der Waals surface area contributed by atoms with Crippen LogP contribution in [0.4, 0.5) is 5.82 Å². The number of nitrogens with one attached hydrogen (secondary N) is 1. The van der Waals surface area contributed by atoms with Crippen LogP contribution in [0.2, 0.25) is 5.15 Å². The van der Waals surface area contributed by atoms with E-state index in [1.807, 2.05) is 0 Å². The Kier molecular flexibility index (Phi) is 7.78. The average Bonchev–Trinajstić information content (AvgIpc) is 2.86. The molecule has 9 nitrogen and oxygen atoms in total. The minimum Gasteiger partial charge on any atom is -0.450 e. The largest absolute Gasteiger partial charge is 0.450 e. The zero-order chi connectivity index (χ0) is 25.7. The number of aromatic nitrogens is 4. The van der Waals surface area contributed by atoms with Gasteiger partial charge in [0.15, 0.2) is 16.8 Å². The van der Waals surface area contributed by atoms with Crippen LogP contribution in [-0.2, 0) is 23.1 Å². The minimum atomic E-state index is -4.07. The van der Waals surface area contributed by atoms with E-state index in [1.54, 1.807) is 42.5 Å². The van der Waals surface area contributed by atoms with E-state index in [9.17, 15) is 13.5 Å². The summed E-state index contributed by atoms with van der Waals surface area (Å²) in [5, 5.41) is 9.51. The van der Waals surface area contributed by atoms with Crippen molar-refractivity contribution in [2.75, 3.05) is 4.72 Å². The van der Waals surface area contributed by atoms with Gasteiger partial charge in [-0.3, -0.25) is 4.72 Å². The molecule has 0 unspecified atom stereocenters. The summed E-state index contributed by atoms with van der Waals surface area (Å²) in [5.74, 6) is 0.545. The summed E-state index contributed by atoms with van der Waals surface area (Å²) in [6.07, 6.45) is 3.84. The Hall–Kier alpha value is -3.60. The van der Waals surface area contributed by atoms with Crippen molar-refractivity contribution in [1.29, 1.82) is 0 Å². The van der Waals surface area contributed by atoms with Crippen molar-refractivity contribution in [1.82, 2.24) is 19.9 Å². The molecule has 0 amide bonds. The molecular weight excluding hydrogens is 502 g/mol. The Morgan fingerprint density at radius 3 is 2.33 bits per heavy atom. The molecule has 0 atom stereocenters. The number of hydrogen-bond acceptors (Lipinski definition) is 8. The number of hydrogen-bond donors (Lipinski definition) is 2. The van der Waals surface area contributed by atoms with Crippen LogP contribution in [-0.4, -0.2) is 33.5 Å². The van der Waals surface area contributed by atoms with E-state index < -0.39 is 10.0 Å². The molecule has 0 saturated heterocycles. The summed E-state index contributed by atoms with van der Waals surface area (Å²) in [6, 6.07) is 15.0. The maximum Gasteiger partial charge on any atom is 0.263 e. The highest BCUT2D eigenvalue weighted by molar-refractivity contribution is 7.92. The Morgan fingerprint density at radius 2 is 1.67 bits per heavy atom. The molecular formula is C25H24ClN5O4S. The van der Waals surface area contributed by atoms with E-state index in [4.69, 9.17) is 16.3 Å². The summed E-state index contributed by atoms with van der Waals surface area (Å²) in [4.78, 5) is 16.8. The lowest BCUT2D eigenvalue weighted by Crippen LogP contribution is -2.16. The Labute approximate surface area is 214 Å². The smallest absolute Gasteiger partial charge is 0.263 e. The summed E-state index contributed by atoms with van der Waals surface area (Å²) in [7, 11) is -4.07. The monoisotopic (exact) mass is 525 g/mol. The molecule has 0 saturated carbocycles. The molecule has 2 aromatic carbocycles. The lowest BCUT2D eigenvalue weighted by atomic mass is 10.0. The zero-order valence-electron chi connectivity index (χ0n) is 19.6. The Balaban J connectivity index is 1.76. The first-order valence-electron chi connectivity index (χ1n) is 11.1. The van der Waals surface area contributed by atoms with E-state index in [0.717, 1.165) is 12.0 Å². The number of ether oxygens (including phenoxy) is 1. The van der Waals surface area contributed by atoms with Crippen LogP contribution in [0.3, 0.4) is 0 Å². The fraction of sp³-hybridized carbons (Fsp3) is 0.200. The van der Waals surface area contributed by atoms with Crippen molar-refractivity contribution in [3.05, 3.63) is 83.3 Å². The van der Waals surface area contributed by atoms with Crippen molar-refractivity contribution in [3.63, 3.8) is 0 Å². The normalized spacial score (nSPS) is 11.5. The van der Waals surface area contributed by atoms with Gasteiger partial charge >= 0.3 is 0 Å². The number of rotatable bonds is 9. The molecule has 0 radical (unpaired) electrons. The predicted molar refractivity (Wildman–Crippen MR) is 136 cm³/mol.